The van der Waals surface area contributed by atoms with E-state index < -0.39 is 6.10 Å². The zero-order valence-electron chi connectivity index (χ0n) is 19.1. The number of likely N-dealkylation sites (tertiary alicyclic amines) is 1. The summed E-state index contributed by atoms with van der Waals surface area (Å²) in [5.41, 5.74) is 1.21. The maximum Gasteiger partial charge on any atom is 0.263 e. The van der Waals surface area contributed by atoms with Gasteiger partial charge in [0.2, 0.25) is 5.91 Å². The van der Waals surface area contributed by atoms with Gasteiger partial charge in [-0.05, 0) is 55.7 Å². The fraction of sp³-hybridized carbons (Fsp3) is 0.667. The van der Waals surface area contributed by atoms with Gasteiger partial charge in [0, 0.05) is 25.0 Å². The zero-order chi connectivity index (χ0) is 21.8. The van der Waals surface area contributed by atoms with Crippen molar-refractivity contribution in [1.29, 1.82) is 0 Å². The number of benzene rings is 1. The van der Waals surface area contributed by atoms with Crippen molar-refractivity contribution in [1.82, 2.24) is 10.2 Å². The molecule has 2 atom stereocenters. The van der Waals surface area contributed by atoms with Gasteiger partial charge < -0.3 is 15.0 Å². The van der Waals surface area contributed by atoms with Crippen LogP contribution in [0.5, 0.6) is 5.75 Å². The summed E-state index contributed by atoms with van der Waals surface area (Å²) in [5.74, 6) is 1.22. The van der Waals surface area contributed by atoms with E-state index in [-0.39, 0.29) is 29.2 Å². The molecule has 0 aromatic heterocycles. The summed E-state index contributed by atoms with van der Waals surface area (Å²) in [6.45, 7) is 15.7. The zero-order valence-corrected chi connectivity index (χ0v) is 19.1. The molecule has 1 aliphatic rings. The highest BCUT2D eigenvalue weighted by Gasteiger charge is 2.30. The van der Waals surface area contributed by atoms with Gasteiger partial charge in [0.05, 0.1) is 0 Å². The molecule has 1 fully saturated rings. The SMILES string of the molecule is CC(Oc1cccc(C(C)(C)C)c1)C(=O)N1CCC(C(=O)NC(C)C(C)C)CC1. The van der Waals surface area contributed by atoms with E-state index >= 15 is 0 Å². The number of hydrogen-bond acceptors (Lipinski definition) is 3. The first-order valence-electron chi connectivity index (χ1n) is 10.9. The van der Waals surface area contributed by atoms with Crippen molar-refractivity contribution in [2.24, 2.45) is 11.8 Å². The van der Waals surface area contributed by atoms with E-state index in [0.29, 0.717) is 31.8 Å². The Bertz CT molecular complexity index is 700. The third-order valence-corrected chi connectivity index (χ3v) is 5.91. The van der Waals surface area contributed by atoms with Gasteiger partial charge in [0.25, 0.3) is 5.91 Å². The lowest BCUT2D eigenvalue weighted by molar-refractivity contribution is -0.141. The molecule has 0 radical (unpaired) electrons. The van der Waals surface area contributed by atoms with Crippen molar-refractivity contribution in [2.45, 2.75) is 78.9 Å². The predicted octanol–water partition coefficient (Wildman–Crippen LogP) is 4.15. The Labute approximate surface area is 176 Å². The maximum absolute atomic E-state index is 12.8. The second kappa shape index (κ2) is 9.64. The average Bonchev–Trinajstić information content (AvgIpc) is 2.66. The number of hydrogen-bond donors (Lipinski definition) is 1. The molecule has 0 bridgehead atoms. The van der Waals surface area contributed by atoms with E-state index in [1.165, 1.54) is 5.56 Å². The molecule has 5 nitrogen and oxygen atoms in total. The summed E-state index contributed by atoms with van der Waals surface area (Å²) in [6, 6.07) is 8.12. The fourth-order valence-corrected chi connectivity index (χ4v) is 3.42. The number of carbonyl (C=O) groups excluding carboxylic acids is 2. The quantitative estimate of drug-likeness (QED) is 0.778. The second-order valence-electron chi connectivity index (χ2n) is 9.68. The monoisotopic (exact) mass is 402 g/mol. The minimum absolute atomic E-state index is 0.0134. The first-order chi connectivity index (χ1) is 13.5. The molecular weight excluding hydrogens is 364 g/mol. The van der Waals surface area contributed by atoms with Crippen LogP contribution in [0.3, 0.4) is 0 Å². The molecule has 1 aromatic carbocycles. The highest BCUT2D eigenvalue weighted by molar-refractivity contribution is 5.82. The van der Waals surface area contributed by atoms with Gasteiger partial charge in [-0.1, -0.05) is 46.8 Å². The van der Waals surface area contributed by atoms with Crippen molar-refractivity contribution in [3.05, 3.63) is 29.8 Å². The highest BCUT2D eigenvalue weighted by atomic mass is 16.5. The third-order valence-electron chi connectivity index (χ3n) is 5.91. The number of carbonyl (C=O) groups is 2. The molecule has 2 amide bonds. The fourth-order valence-electron chi connectivity index (χ4n) is 3.42. The standard InChI is InChI=1S/C24H38N2O3/c1-16(2)17(3)25-22(27)19-11-13-26(14-12-19)23(28)18(4)29-21-10-8-9-20(15-21)24(5,6)7/h8-10,15-19H,11-14H2,1-7H3,(H,25,27). The van der Waals surface area contributed by atoms with Crippen LogP contribution in [-0.4, -0.2) is 41.9 Å². The minimum Gasteiger partial charge on any atom is -0.481 e. The Hall–Kier alpha value is -2.04. The Morgan fingerprint density at radius 2 is 1.72 bits per heavy atom. The second-order valence-corrected chi connectivity index (χ2v) is 9.68. The first kappa shape index (κ1) is 23.2. The number of amides is 2. The Morgan fingerprint density at radius 3 is 2.28 bits per heavy atom. The molecule has 1 aromatic rings. The Morgan fingerprint density at radius 1 is 1.10 bits per heavy atom. The summed E-state index contributed by atoms with van der Waals surface area (Å²) in [4.78, 5) is 27.1. The molecule has 5 heteroatoms. The molecule has 1 saturated heterocycles. The topological polar surface area (TPSA) is 58.6 Å². The molecule has 2 rings (SSSR count). The normalized spacial score (nSPS) is 17.7. The summed E-state index contributed by atoms with van der Waals surface area (Å²) in [5, 5.41) is 3.10. The smallest absolute Gasteiger partial charge is 0.263 e. The van der Waals surface area contributed by atoms with E-state index in [9.17, 15) is 9.59 Å². The molecule has 1 heterocycles. The molecule has 0 spiro atoms. The maximum atomic E-state index is 12.8. The van der Waals surface area contributed by atoms with Crippen LogP contribution >= 0.6 is 0 Å². The number of piperidine rings is 1. The van der Waals surface area contributed by atoms with E-state index in [2.05, 4.69) is 46.0 Å². The van der Waals surface area contributed by atoms with Gasteiger partial charge in [0.1, 0.15) is 5.75 Å². The molecular formula is C24H38N2O3. The third kappa shape index (κ3) is 6.48. The lowest BCUT2D eigenvalue weighted by atomic mass is 9.87. The molecule has 1 aliphatic heterocycles. The van der Waals surface area contributed by atoms with E-state index in [1.54, 1.807) is 6.92 Å². The Balaban J connectivity index is 1.88. The van der Waals surface area contributed by atoms with Crippen LogP contribution in [0, 0.1) is 11.8 Å². The van der Waals surface area contributed by atoms with Crippen molar-refractivity contribution in [2.75, 3.05) is 13.1 Å². The van der Waals surface area contributed by atoms with Gasteiger partial charge in [0.15, 0.2) is 6.10 Å². The van der Waals surface area contributed by atoms with Crippen molar-refractivity contribution in [3.8, 4) is 5.75 Å². The minimum atomic E-state index is -0.545. The van der Waals surface area contributed by atoms with E-state index in [0.717, 1.165) is 5.75 Å². The van der Waals surface area contributed by atoms with Crippen LogP contribution in [0.4, 0.5) is 0 Å². The van der Waals surface area contributed by atoms with Crippen LogP contribution in [0.1, 0.15) is 66.9 Å². The molecule has 2 unspecified atom stereocenters. The first-order valence-corrected chi connectivity index (χ1v) is 10.9. The van der Waals surface area contributed by atoms with Crippen LogP contribution in [0.2, 0.25) is 0 Å². The van der Waals surface area contributed by atoms with Gasteiger partial charge in [-0.15, -0.1) is 0 Å². The average molecular weight is 403 g/mol. The highest BCUT2D eigenvalue weighted by Crippen LogP contribution is 2.26. The number of ether oxygens (including phenoxy) is 1. The summed E-state index contributed by atoms with van der Waals surface area (Å²) >= 11 is 0. The number of nitrogens with one attached hydrogen (secondary N) is 1. The van der Waals surface area contributed by atoms with Crippen molar-refractivity contribution < 1.29 is 14.3 Å². The van der Waals surface area contributed by atoms with Gasteiger partial charge in [-0.3, -0.25) is 9.59 Å². The van der Waals surface area contributed by atoms with E-state index in [4.69, 9.17) is 4.74 Å². The molecule has 1 N–H and O–H groups in total. The van der Waals surface area contributed by atoms with Crippen molar-refractivity contribution in [3.63, 3.8) is 0 Å². The molecule has 0 aliphatic carbocycles. The van der Waals surface area contributed by atoms with Crippen LogP contribution < -0.4 is 10.1 Å². The largest absolute Gasteiger partial charge is 0.481 e. The molecule has 29 heavy (non-hydrogen) atoms. The predicted molar refractivity (Wildman–Crippen MR) is 117 cm³/mol. The summed E-state index contributed by atoms with van der Waals surface area (Å²) in [7, 11) is 0. The van der Waals surface area contributed by atoms with E-state index in [1.807, 2.05) is 30.0 Å². The van der Waals surface area contributed by atoms with Gasteiger partial charge >= 0.3 is 0 Å². The lowest BCUT2D eigenvalue weighted by Gasteiger charge is -2.33. The summed E-state index contributed by atoms with van der Waals surface area (Å²) in [6.07, 6.45) is 0.861. The molecule has 162 valence electrons. The number of rotatable bonds is 6. The van der Waals surface area contributed by atoms with Crippen LogP contribution in [-0.2, 0) is 15.0 Å². The number of nitrogens with zero attached hydrogens (tertiary/aromatic N) is 1. The van der Waals surface area contributed by atoms with Gasteiger partial charge in [-0.25, -0.2) is 0 Å². The summed E-state index contributed by atoms with van der Waals surface area (Å²) < 4.78 is 5.95. The van der Waals surface area contributed by atoms with Crippen LogP contribution in [0.25, 0.3) is 0 Å². The Kier molecular flexibility index (Phi) is 7.73. The lowest BCUT2D eigenvalue weighted by Crippen LogP contribution is -2.48. The van der Waals surface area contributed by atoms with Gasteiger partial charge in [-0.2, -0.15) is 0 Å². The van der Waals surface area contributed by atoms with Crippen LogP contribution in [0.15, 0.2) is 24.3 Å². The van der Waals surface area contributed by atoms with Crippen molar-refractivity contribution >= 4 is 11.8 Å². The molecule has 0 saturated carbocycles.